The van der Waals surface area contributed by atoms with Crippen LogP contribution in [0.3, 0.4) is 0 Å². The van der Waals surface area contributed by atoms with E-state index in [2.05, 4.69) is 4.98 Å². The molecule has 0 aliphatic carbocycles. The average Bonchev–Trinajstić information content (AvgIpc) is 2.29. The normalized spacial score (nSPS) is 13.0. The number of aromatic nitrogens is 1. The molecular weight excluding hydrogens is 257 g/mol. The Morgan fingerprint density at radius 3 is 2.56 bits per heavy atom. The van der Waals surface area contributed by atoms with Crippen molar-refractivity contribution in [2.24, 2.45) is 5.73 Å². The van der Waals surface area contributed by atoms with Gasteiger partial charge in [0.25, 0.3) is 10.0 Å². The minimum atomic E-state index is -3.98. The molecule has 7 heteroatoms. The van der Waals surface area contributed by atoms with Crippen LogP contribution in [-0.4, -0.2) is 36.3 Å². The molecule has 0 saturated heterocycles. The molecule has 0 radical (unpaired) electrons. The highest BCUT2D eigenvalue weighted by Crippen LogP contribution is 2.23. The van der Waals surface area contributed by atoms with Crippen molar-refractivity contribution in [3.05, 3.63) is 24.1 Å². The molecule has 0 aromatic carbocycles. The highest BCUT2D eigenvalue weighted by Gasteiger charge is 2.37. The van der Waals surface area contributed by atoms with Gasteiger partial charge < -0.3 is 5.73 Å². The van der Waals surface area contributed by atoms with E-state index in [-0.39, 0.29) is 13.1 Å². The third-order valence-corrected chi connectivity index (χ3v) is 4.84. The van der Waals surface area contributed by atoms with E-state index < -0.39 is 26.4 Å². The zero-order chi connectivity index (χ0) is 14.0. The summed E-state index contributed by atoms with van der Waals surface area (Å²) in [5.74, 6) is -0.858. The van der Waals surface area contributed by atoms with Crippen LogP contribution in [0.2, 0.25) is 0 Å². The smallest absolute Gasteiger partial charge is 0.264 e. The fourth-order valence-electron chi connectivity index (χ4n) is 1.69. The number of likely N-dealkylation sites (N-methyl/N-ethyl adjacent to an activating group) is 1. The van der Waals surface area contributed by atoms with Crippen molar-refractivity contribution in [3.63, 3.8) is 0 Å². The molecule has 5 nitrogen and oxygen atoms in total. The molecule has 2 N–H and O–H groups in total. The van der Waals surface area contributed by atoms with E-state index in [9.17, 15) is 12.8 Å². The molecule has 0 aliphatic rings. The van der Waals surface area contributed by atoms with Crippen molar-refractivity contribution in [2.45, 2.75) is 31.3 Å². The second kappa shape index (κ2) is 5.29. The predicted octanol–water partition coefficient (Wildman–Crippen LogP) is 0.969. The van der Waals surface area contributed by atoms with Crippen molar-refractivity contribution < 1.29 is 12.8 Å². The minimum Gasteiger partial charge on any atom is -0.329 e. The summed E-state index contributed by atoms with van der Waals surface area (Å²) in [6, 6.07) is 2.42. The quantitative estimate of drug-likeness (QED) is 0.868. The average molecular weight is 275 g/mol. The van der Waals surface area contributed by atoms with Gasteiger partial charge in [-0.15, -0.1) is 0 Å². The van der Waals surface area contributed by atoms with E-state index in [1.165, 1.54) is 12.3 Å². The van der Waals surface area contributed by atoms with Crippen molar-refractivity contribution in [1.82, 2.24) is 9.29 Å². The van der Waals surface area contributed by atoms with Gasteiger partial charge in [0, 0.05) is 24.8 Å². The lowest BCUT2D eigenvalue weighted by Gasteiger charge is -2.35. The fourth-order valence-corrected chi connectivity index (χ4v) is 3.47. The maximum absolute atomic E-state index is 13.6. The molecule has 0 saturated carbocycles. The highest BCUT2D eigenvalue weighted by atomic mass is 32.2. The van der Waals surface area contributed by atoms with Gasteiger partial charge in [0.2, 0.25) is 5.03 Å². The van der Waals surface area contributed by atoms with Gasteiger partial charge in [-0.2, -0.15) is 4.31 Å². The number of nitrogens with two attached hydrogens (primary N) is 1. The number of nitrogens with zero attached hydrogens (tertiary/aromatic N) is 2. The first-order valence-electron chi connectivity index (χ1n) is 5.60. The summed E-state index contributed by atoms with van der Waals surface area (Å²) in [6.07, 6.45) is 1.25. The highest BCUT2D eigenvalue weighted by molar-refractivity contribution is 7.89. The molecule has 1 aromatic rings. The lowest BCUT2D eigenvalue weighted by molar-refractivity contribution is 0.242. The van der Waals surface area contributed by atoms with Gasteiger partial charge in [-0.25, -0.2) is 17.8 Å². The monoisotopic (exact) mass is 275 g/mol. The molecule has 0 atom stereocenters. The number of hydrogen-bond acceptors (Lipinski definition) is 4. The molecule has 0 amide bonds. The Balaban J connectivity index is 3.33. The van der Waals surface area contributed by atoms with Crippen LogP contribution >= 0.6 is 0 Å². The first-order valence-corrected chi connectivity index (χ1v) is 7.04. The minimum absolute atomic E-state index is 0.133. The molecule has 0 spiro atoms. The van der Waals surface area contributed by atoms with Crippen molar-refractivity contribution in [1.29, 1.82) is 0 Å². The molecular formula is C11H18FN3O2S. The Kier molecular flexibility index (Phi) is 4.41. The van der Waals surface area contributed by atoms with Gasteiger partial charge in [0.15, 0.2) is 5.82 Å². The number of sulfonamides is 1. The van der Waals surface area contributed by atoms with Crippen LogP contribution in [0.25, 0.3) is 0 Å². The van der Waals surface area contributed by atoms with Crippen LogP contribution in [0.4, 0.5) is 4.39 Å². The number of halogens is 1. The fraction of sp³-hybridized carbons (Fsp3) is 0.545. The van der Waals surface area contributed by atoms with Gasteiger partial charge in [0.1, 0.15) is 0 Å². The summed E-state index contributed by atoms with van der Waals surface area (Å²) in [6.45, 7) is 5.39. The summed E-state index contributed by atoms with van der Waals surface area (Å²) in [5, 5.41) is -0.562. The Labute approximate surface area is 107 Å². The summed E-state index contributed by atoms with van der Waals surface area (Å²) < 4.78 is 39.4. The lowest BCUT2D eigenvalue weighted by atomic mass is 10.1. The summed E-state index contributed by atoms with van der Waals surface area (Å²) >= 11 is 0. The first-order chi connectivity index (χ1) is 8.27. The molecule has 1 heterocycles. The van der Waals surface area contributed by atoms with Crippen molar-refractivity contribution in [3.8, 4) is 0 Å². The summed E-state index contributed by atoms with van der Waals surface area (Å²) in [4.78, 5) is 3.62. The zero-order valence-corrected chi connectivity index (χ0v) is 11.5. The maximum Gasteiger partial charge on any atom is 0.264 e. The molecule has 0 unspecified atom stereocenters. The first kappa shape index (κ1) is 15.0. The Hall–Kier alpha value is -1.05. The van der Waals surface area contributed by atoms with Gasteiger partial charge in [-0.3, -0.25) is 0 Å². The van der Waals surface area contributed by atoms with Gasteiger partial charge in [-0.05, 0) is 26.0 Å². The number of hydrogen-bond donors (Lipinski definition) is 1. The maximum atomic E-state index is 13.6. The largest absolute Gasteiger partial charge is 0.329 e. The number of rotatable bonds is 5. The Morgan fingerprint density at radius 1 is 1.50 bits per heavy atom. The van der Waals surface area contributed by atoms with Crippen molar-refractivity contribution in [2.75, 3.05) is 13.1 Å². The van der Waals surface area contributed by atoms with Gasteiger partial charge in [0.05, 0.1) is 0 Å². The van der Waals surface area contributed by atoms with Crippen LogP contribution in [0.1, 0.15) is 20.8 Å². The van der Waals surface area contributed by atoms with Crippen molar-refractivity contribution >= 4 is 10.0 Å². The molecule has 18 heavy (non-hydrogen) atoms. The number of pyridine rings is 1. The summed E-state index contributed by atoms with van der Waals surface area (Å²) in [7, 11) is -3.98. The molecule has 1 aromatic heterocycles. The lowest BCUT2D eigenvalue weighted by Crippen LogP contribution is -2.52. The molecule has 0 fully saturated rings. The van der Waals surface area contributed by atoms with E-state index in [1.54, 1.807) is 20.8 Å². The standard InChI is InChI=1S/C11H18FN3O2S/c1-4-15(11(2,3)8-13)18(16,17)10-9(12)6-5-7-14-10/h5-7H,4,8,13H2,1-3H3. The predicted molar refractivity (Wildman–Crippen MR) is 66.9 cm³/mol. The van der Waals surface area contributed by atoms with Crippen LogP contribution in [-0.2, 0) is 10.0 Å². The van der Waals surface area contributed by atoms with Crippen LogP contribution in [0.5, 0.6) is 0 Å². The van der Waals surface area contributed by atoms with E-state index in [0.717, 1.165) is 10.4 Å². The van der Waals surface area contributed by atoms with Gasteiger partial charge in [-0.1, -0.05) is 6.92 Å². The SMILES string of the molecule is CCN(C(C)(C)CN)S(=O)(=O)c1ncccc1F. The Bertz CT molecular complexity index is 517. The van der Waals surface area contributed by atoms with Crippen LogP contribution < -0.4 is 5.73 Å². The zero-order valence-electron chi connectivity index (χ0n) is 10.7. The molecule has 0 aliphatic heterocycles. The topological polar surface area (TPSA) is 76.3 Å². The molecule has 1 rings (SSSR count). The van der Waals surface area contributed by atoms with E-state index in [0.29, 0.717) is 0 Å². The van der Waals surface area contributed by atoms with Crippen LogP contribution in [0, 0.1) is 5.82 Å². The van der Waals surface area contributed by atoms with E-state index in [4.69, 9.17) is 5.73 Å². The second-order valence-corrected chi connectivity index (χ2v) is 6.25. The third kappa shape index (κ3) is 2.68. The molecule has 0 bridgehead atoms. The van der Waals surface area contributed by atoms with E-state index >= 15 is 0 Å². The molecule has 102 valence electrons. The second-order valence-electron chi connectivity index (χ2n) is 4.48. The van der Waals surface area contributed by atoms with Gasteiger partial charge >= 0.3 is 0 Å². The Morgan fingerprint density at radius 2 is 2.11 bits per heavy atom. The van der Waals surface area contributed by atoms with Crippen LogP contribution in [0.15, 0.2) is 23.4 Å². The summed E-state index contributed by atoms with van der Waals surface area (Å²) in [5.41, 5.74) is 4.78. The van der Waals surface area contributed by atoms with E-state index in [1.807, 2.05) is 0 Å². The third-order valence-electron chi connectivity index (χ3n) is 2.72.